The quantitative estimate of drug-likeness (QED) is 0.0489. The van der Waals surface area contributed by atoms with Gasteiger partial charge in [-0.25, -0.2) is 0 Å². The fourth-order valence-electron chi connectivity index (χ4n) is 6.23. The fraction of sp³-hybridized carbons (Fsp3) is 0.900. The van der Waals surface area contributed by atoms with Crippen LogP contribution in [-0.2, 0) is 28.7 Å². The summed E-state index contributed by atoms with van der Waals surface area (Å²) >= 11 is 0. The Labute approximate surface area is 293 Å². The van der Waals surface area contributed by atoms with Crippen LogP contribution in [0.25, 0.3) is 0 Å². The average Bonchev–Trinajstić information content (AvgIpc) is 3.05. The largest absolute Gasteiger partial charge is 0.481 e. The Morgan fingerprint density at radius 3 is 0.896 bits per heavy atom. The summed E-state index contributed by atoms with van der Waals surface area (Å²) in [4.78, 5) is 46.8. The van der Waals surface area contributed by atoms with Crippen LogP contribution in [0.4, 0.5) is 0 Å². The van der Waals surface area contributed by atoms with Crippen LogP contribution in [0.15, 0.2) is 0 Å². The molecule has 0 amide bonds. The van der Waals surface area contributed by atoms with Crippen molar-refractivity contribution in [1.29, 1.82) is 0 Å². The molecule has 48 heavy (non-hydrogen) atoms. The van der Waals surface area contributed by atoms with Gasteiger partial charge in [0.05, 0.1) is 12.8 Å². The predicted molar refractivity (Wildman–Crippen MR) is 194 cm³/mol. The second-order valence-electron chi connectivity index (χ2n) is 13.9. The molecule has 8 nitrogen and oxygen atoms in total. The summed E-state index contributed by atoms with van der Waals surface area (Å²) in [7, 11) is 0. The van der Waals surface area contributed by atoms with Gasteiger partial charge in [-0.2, -0.15) is 0 Å². The normalized spacial score (nSPS) is 12.5. The lowest BCUT2D eigenvalue weighted by Crippen LogP contribution is -2.21. The third kappa shape index (κ3) is 33.8. The molecule has 282 valence electrons. The first kappa shape index (κ1) is 45.9. The molecule has 0 fully saturated rings. The van der Waals surface area contributed by atoms with Crippen molar-refractivity contribution in [1.82, 2.24) is 0 Å². The minimum absolute atomic E-state index is 0.0706. The summed E-state index contributed by atoms with van der Waals surface area (Å²) in [5.74, 6) is -2.01. The number of ether oxygens (including phenoxy) is 2. The van der Waals surface area contributed by atoms with Gasteiger partial charge in [-0.1, -0.05) is 129 Å². The van der Waals surface area contributed by atoms with E-state index in [1.54, 1.807) is 0 Å². The van der Waals surface area contributed by atoms with E-state index in [4.69, 9.17) is 19.7 Å². The first-order chi connectivity index (χ1) is 23.3. The first-order valence-electron chi connectivity index (χ1n) is 20.1. The number of aliphatic carboxylic acids is 2. The van der Waals surface area contributed by atoms with Crippen LogP contribution in [0.5, 0.6) is 0 Å². The molecule has 0 saturated heterocycles. The van der Waals surface area contributed by atoms with E-state index in [2.05, 4.69) is 13.8 Å². The lowest BCUT2D eigenvalue weighted by molar-refractivity contribution is -0.156. The summed E-state index contributed by atoms with van der Waals surface area (Å²) in [5.41, 5.74) is 0. The summed E-state index contributed by atoms with van der Waals surface area (Å²) in [5, 5.41) is 17.5. The Bertz CT molecular complexity index is 719. The van der Waals surface area contributed by atoms with Crippen LogP contribution in [0.2, 0.25) is 0 Å². The number of hydrogen-bond acceptors (Lipinski definition) is 6. The Balaban J connectivity index is 4.45. The lowest BCUT2D eigenvalue weighted by atomic mass is 10.0. The second-order valence-corrected chi connectivity index (χ2v) is 13.9. The molecule has 2 N–H and O–H groups in total. The van der Waals surface area contributed by atoms with Gasteiger partial charge in [-0.3, -0.25) is 19.2 Å². The van der Waals surface area contributed by atoms with E-state index < -0.39 is 11.9 Å². The number of carbonyl (C=O) groups excluding carboxylic acids is 2. The molecule has 2 unspecified atom stereocenters. The maximum Gasteiger partial charge on any atom is 0.306 e. The standard InChI is InChI=1S/C40H74O8/c1-3-5-7-21-27-35(29-23-17-13-9-11-15-19-25-31-37(41)42)47-39(45)33-34-40(46)48-36(28-22-8-6-4-2)30-24-18-14-10-12-16-20-26-32-38(43)44/h35-36H,3-34H2,1-2H3,(H,41,42)(H,43,44). The monoisotopic (exact) mass is 683 g/mol. The molecule has 0 bridgehead atoms. The highest BCUT2D eigenvalue weighted by molar-refractivity contribution is 5.77. The molecule has 0 aliphatic heterocycles. The molecular formula is C40H74O8. The van der Waals surface area contributed by atoms with Crippen LogP contribution in [0.1, 0.15) is 219 Å². The number of unbranched alkanes of at least 4 members (excludes halogenated alkanes) is 20. The van der Waals surface area contributed by atoms with Gasteiger partial charge in [0.25, 0.3) is 0 Å². The maximum atomic E-state index is 12.8. The molecule has 0 aliphatic rings. The number of esters is 2. The van der Waals surface area contributed by atoms with Crippen LogP contribution in [0.3, 0.4) is 0 Å². The van der Waals surface area contributed by atoms with Gasteiger partial charge < -0.3 is 19.7 Å². The van der Waals surface area contributed by atoms with Crippen molar-refractivity contribution in [2.75, 3.05) is 0 Å². The van der Waals surface area contributed by atoms with E-state index >= 15 is 0 Å². The molecule has 0 aliphatic carbocycles. The van der Waals surface area contributed by atoms with Crippen molar-refractivity contribution in [3.8, 4) is 0 Å². The number of carbonyl (C=O) groups is 4. The third-order valence-electron chi connectivity index (χ3n) is 9.22. The van der Waals surface area contributed by atoms with Gasteiger partial charge in [-0.15, -0.1) is 0 Å². The highest BCUT2D eigenvalue weighted by atomic mass is 16.6. The van der Waals surface area contributed by atoms with E-state index in [1.807, 2.05) is 0 Å². The number of hydrogen-bond donors (Lipinski definition) is 2. The van der Waals surface area contributed by atoms with Gasteiger partial charge >= 0.3 is 23.9 Å². The zero-order chi connectivity index (χ0) is 35.5. The van der Waals surface area contributed by atoms with E-state index in [-0.39, 0.29) is 49.8 Å². The van der Waals surface area contributed by atoms with Gasteiger partial charge in [0.15, 0.2) is 0 Å². The molecular weight excluding hydrogens is 608 g/mol. The van der Waals surface area contributed by atoms with E-state index in [1.165, 1.54) is 25.7 Å². The van der Waals surface area contributed by atoms with Gasteiger partial charge in [0.1, 0.15) is 12.2 Å². The predicted octanol–water partition coefficient (Wildman–Crippen LogP) is 11.5. The van der Waals surface area contributed by atoms with Crippen molar-refractivity contribution >= 4 is 23.9 Å². The van der Waals surface area contributed by atoms with E-state index in [0.29, 0.717) is 0 Å². The lowest BCUT2D eigenvalue weighted by Gasteiger charge is -2.19. The third-order valence-corrected chi connectivity index (χ3v) is 9.22. The molecule has 0 radical (unpaired) electrons. The second kappa shape index (κ2) is 34.7. The summed E-state index contributed by atoms with van der Waals surface area (Å²) in [6.07, 6.45) is 30.0. The molecule has 0 spiro atoms. The highest BCUT2D eigenvalue weighted by Crippen LogP contribution is 2.20. The molecule has 0 heterocycles. The van der Waals surface area contributed by atoms with Crippen LogP contribution in [-0.4, -0.2) is 46.3 Å². The summed E-state index contributed by atoms with van der Waals surface area (Å²) in [6, 6.07) is 0. The number of carboxylic acid groups (broad SMARTS) is 2. The average molecular weight is 683 g/mol. The van der Waals surface area contributed by atoms with Crippen molar-refractivity contribution in [3.05, 3.63) is 0 Å². The topological polar surface area (TPSA) is 127 Å². The molecule has 0 aromatic carbocycles. The number of carboxylic acids is 2. The summed E-state index contributed by atoms with van der Waals surface area (Å²) in [6.45, 7) is 4.38. The van der Waals surface area contributed by atoms with Crippen molar-refractivity contribution < 1.29 is 38.9 Å². The number of rotatable bonds is 37. The SMILES string of the molecule is CCCCCCC(CCCCCCCCCCC(=O)O)OC(=O)CCC(=O)OC(CCCCCC)CCCCCCCCCCC(=O)O. The van der Waals surface area contributed by atoms with Crippen molar-refractivity contribution in [3.63, 3.8) is 0 Å². The molecule has 0 aromatic heterocycles. The van der Waals surface area contributed by atoms with Crippen molar-refractivity contribution in [2.45, 2.75) is 232 Å². The fourth-order valence-corrected chi connectivity index (χ4v) is 6.23. The smallest absolute Gasteiger partial charge is 0.306 e. The Hall–Kier alpha value is -2.12. The molecule has 0 rings (SSSR count). The first-order valence-corrected chi connectivity index (χ1v) is 20.1. The Kier molecular flexibility index (Phi) is 33.2. The van der Waals surface area contributed by atoms with Crippen LogP contribution >= 0.6 is 0 Å². The van der Waals surface area contributed by atoms with Gasteiger partial charge in [0, 0.05) is 12.8 Å². The molecule has 0 aromatic rings. The zero-order valence-corrected chi connectivity index (χ0v) is 31.1. The molecule has 8 heteroatoms. The van der Waals surface area contributed by atoms with Gasteiger partial charge in [0.2, 0.25) is 0 Å². The van der Waals surface area contributed by atoms with Crippen LogP contribution in [0, 0.1) is 0 Å². The van der Waals surface area contributed by atoms with Crippen molar-refractivity contribution in [2.24, 2.45) is 0 Å². The molecule has 2 atom stereocenters. The Morgan fingerprint density at radius 2 is 0.625 bits per heavy atom. The maximum absolute atomic E-state index is 12.8. The van der Waals surface area contributed by atoms with Gasteiger partial charge in [-0.05, 0) is 64.2 Å². The minimum Gasteiger partial charge on any atom is -0.481 e. The minimum atomic E-state index is -0.712. The Morgan fingerprint density at radius 1 is 0.375 bits per heavy atom. The van der Waals surface area contributed by atoms with E-state index in [0.717, 1.165) is 154 Å². The summed E-state index contributed by atoms with van der Waals surface area (Å²) < 4.78 is 11.8. The molecule has 0 saturated carbocycles. The van der Waals surface area contributed by atoms with E-state index in [9.17, 15) is 19.2 Å². The zero-order valence-electron chi connectivity index (χ0n) is 31.1. The highest BCUT2D eigenvalue weighted by Gasteiger charge is 2.19. The van der Waals surface area contributed by atoms with Crippen LogP contribution < -0.4 is 0 Å².